The second-order valence-corrected chi connectivity index (χ2v) is 5.36. The molecule has 5 nitrogen and oxygen atoms in total. The van der Waals surface area contributed by atoms with E-state index in [1.807, 2.05) is 0 Å². The van der Waals surface area contributed by atoms with Crippen molar-refractivity contribution in [2.24, 2.45) is 11.8 Å². The van der Waals surface area contributed by atoms with Crippen molar-refractivity contribution in [1.82, 2.24) is 9.55 Å². The van der Waals surface area contributed by atoms with E-state index in [0.29, 0.717) is 29.4 Å². The van der Waals surface area contributed by atoms with Gasteiger partial charge in [-0.15, -0.1) is 0 Å². The zero-order valence-electron chi connectivity index (χ0n) is 10.7. The van der Waals surface area contributed by atoms with Crippen LogP contribution in [0.15, 0.2) is 23.0 Å². The highest BCUT2D eigenvalue weighted by atomic mass is 16.4. The zero-order chi connectivity index (χ0) is 13.6. The van der Waals surface area contributed by atoms with Crippen LogP contribution >= 0.6 is 0 Å². The van der Waals surface area contributed by atoms with Crippen LogP contribution in [-0.2, 0) is 6.54 Å². The molecule has 2 aromatic rings. The van der Waals surface area contributed by atoms with E-state index >= 15 is 0 Å². The number of fused-ring (bicyclic) bond motifs is 1. The number of imidazole rings is 1. The van der Waals surface area contributed by atoms with E-state index in [2.05, 4.69) is 11.9 Å². The molecule has 0 bridgehead atoms. The maximum absolute atomic E-state index is 12.0. The lowest BCUT2D eigenvalue weighted by Crippen LogP contribution is -2.22. The maximum atomic E-state index is 12.0. The molecule has 1 aliphatic rings. The first kappa shape index (κ1) is 12.0. The summed E-state index contributed by atoms with van der Waals surface area (Å²) in [5, 5.41) is 9.24. The van der Waals surface area contributed by atoms with E-state index in [1.165, 1.54) is 18.9 Å². The third kappa shape index (κ3) is 2.05. The Hall–Kier alpha value is -2.04. The molecular formula is C14H16N2O3. The highest BCUT2D eigenvalue weighted by molar-refractivity contribution is 6.01. The molecule has 19 heavy (non-hydrogen) atoms. The summed E-state index contributed by atoms with van der Waals surface area (Å²) < 4.78 is 1.57. The van der Waals surface area contributed by atoms with Crippen molar-refractivity contribution < 1.29 is 9.90 Å². The fourth-order valence-corrected chi connectivity index (χ4v) is 2.67. The van der Waals surface area contributed by atoms with Crippen molar-refractivity contribution in [3.63, 3.8) is 0 Å². The summed E-state index contributed by atoms with van der Waals surface area (Å²) in [6, 6.07) is 4.92. The normalized spacial score (nSPS) is 16.7. The molecule has 0 amide bonds. The Bertz CT molecular complexity index is 694. The number of aromatic amines is 1. The number of nitrogens with zero attached hydrogens (tertiary/aromatic N) is 1. The molecule has 0 spiro atoms. The van der Waals surface area contributed by atoms with Crippen molar-refractivity contribution in [3.8, 4) is 0 Å². The van der Waals surface area contributed by atoms with E-state index in [4.69, 9.17) is 0 Å². The minimum atomic E-state index is -1.00. The van der Waals surface area contributed by atoms with Crippen molar-refractivity contribution in [1.29, 1.82) is 0 Å². The van der Waals surface area contributed by atoms with E-state index in [0.717, 1.165) is 0 Å². The number of carbonyl (C=O) groups is 1. The third-order valence-electron chi connectivity index (χ3n) is 3.92. The molecule has 1 aliphatic carbocycles. The Kier molecular flexibility index (Phi) is 2.69. The smallest absolute Gasteiger partial charge is 0.337 e. The minimum absolute atomic E-state index is 0.179. The van der Waals surface area contributed by atoms with Crippen LogP contribution in [0.3, 0.4) is 0 Å². The van der Waals surface area contributed by atoms with Crippen molar-refractivity contribution in [2.45, 2.75) is 26.3 Å². The van der Waals surface area contributed by atoms with Gasteiger partial charge in [0.15, 0.2) is 0 Å². The van der Waals surface area contributed by atoms with Crippen LogP contribution in [0.4, 0.5) is 0 Å². The molecule has 1 atom stereocenters. The Morgan fingerprint density at radius 2 is 2.26 bits per heavy atom. The van der Waals surface area contributed by atoms with Crippen LogP contribution in [-0.4, -0.2) is 20.6 Å². The Morgan fingerprint density at radius 1 is 1.53 bits per heavy atom. The Labute approximate surface area is 109 Å². The first-order valence-electron chi connectivity index (χ1n) is 6.52. The first-order chi connectivity index (χ1) is 9.08. The largest absolute Gasteiger partial charge is 0.478 e. The molecule has 100 valence electrons. The highest BCUT2D eigenvalue weighted by Gasteiger charge is 2.29. The van der Waals surface area contributed by atoms with Gasteiger partial charge in [-0.2, -0.15) is 0 Å². The number of nitrogens with one attached hydrogen (secondary N) is 1. The topological polar surface area (TPSA) is 75.1 Å². The number of hydrogen-bond donors (Lipinski definition) is 2. The number of carboxylic acids is 1. The molecule has 5 heteroatoms. The van der Waals surface area contributed by atoms with E-state index in [9.17, 15) is 14.7 Å². The molecule has 1 fully saturated rings. The Balaban J connectivity index is 2.13. The number of rotatable bonds is 4. The van der Waals surface area contributed by atoms with Crippen molar-refractivity contribution in [2.75, 3.05) is 0 Å². The number of carboxylic acid groups (broad SMARTS) is 1. The van der Waals surface area contributed by atoms with Crippen LogP contribution < -0.4 is 5.69 Å². The number of H-pyrrole nitrogens is 1. The lowest BCUT2D eigenvalue weighted by atomic mass is 10.1. The number of para-hydroxylation sites is 1. The van der Waals surface area contributed by atoms with Crippen LogP contribution in [0.2, 0.25) is 0 Å². The fourth-order valence-electron chi connectivity index (χ4n) is 2.67. The highest BCUT2D eigenvalue weighted by Crippen LogP contribution is 2.37. The minimum Gasteiger partial charge on any atom is -0.478 e. The van der Waals surface area contributed by atoms with Crippen LogP contribution in [0, 0.1) is 11.8 Å². The van der Waals surface area contributed by atoms with Gasteiger partial charge in [0.25, 0.3) is 0 Å². The molecule has 2 N–H and O–H groups in total. The molecule has 1 saturated carbocycles. The lowest BCUT2D eigenvalue weighted by Gasteiger charge is -2.11. The summed E-state index contributed by atoms with van der Waals surface area (Å²) >= 11 is 0. The SMILES string of the molecule is CC(Cn1c(=O)[nH]c2cccc(C(=O)O)c21)C1CC1. The van der Waals surface area contributed by atoms with Gasteiger partial charge in [-0.25, -0.2) is 9.59 Å². The molecule has 1 heterocycles. The Morgan fingerprint density at radius 3 is 2.89 bits per heavy atom. The molecular weight excluding hydrogens is 244 g/mol. The lowest BCUT2D eigenvalue weighted by molar-refractivity contribution is 0.0698. The average molecular weight is 260 g/mol. The van der Waals surface area contributed by atoms with Gasteiger partial charge in [-0.1, -0.05) is 13.0 Å². The first-order valence-corrected chi connectivity index (χ1v) is 6.52. The molecule has 0 aliphatic heterocycles. The van der Waals surface area contributed by atoms with Gasteiger partial charge in [0.05, 0.1) is 16.6 Å². The summed E-state index contributed by atoms with van der Waals surface area (Å²) in [4.78, 5) is 26.0. The number of aromatic carboxylic acids is 1. The van der Waals surface area contributed by atoms with Crippen LogP contribution in [0.5, 0.6) is 0 Å². The second kappa shape index (κ2) is 4.26. The predicted molar refractivity (Wildman–Crippen MR) is 71.4 cm³/mol. The zero-order valence-corrected chi connectivity index (χ0v) is 10.7. The van der Waals surface area contributed by atoms with Crippen LogP contribution in [0.1, 0.15) is 30.1 Å². The molecule has 0 saturated heterocycles. The van der Waals surface area contributed by atoms with Gasteiger partial charge in [-0.3, -0.25) is 4.57 Å². The molecule has 1 aromatic carbocycles. The van der Waals surface area contributed by atoms with Gasteiger partial charge in [0.2, 0.25) is 0 Å². The standard InChI is InChI=1S/C14H16N2O3/c1-8(9-5-6-9)7-16-12-10(13(17)18)3-2-4-11(12)15-14(16)19/h2-4,8-9H,5-7H2,1H3,(H,15,19)(H,17,18). The monoisotopic (exact) mass is 260 g/mol. The van der Waals surface area contributed by atoms with E-state index in [-0.39, 0.29) is 11.3 Å². The van der Waals surface area contributed by atoms with Gasteiger partial charge in [-0.05, 0) is 36.8 Å². The van der Waals surface area contributed by atoms with Crippen molar-refractivity contribution in [3.05, 3.63) is 34.2 Å². The number of hydrogen-bond acceptors (Lipinski definition) is 2. The second-order valence-electron chi connectivity index (χ2n) is 5.36. The molecule has 3 rings (SSSR count). The summed E-state index contributed by atoms with van der Waals surface area (Å²) in [7, 11) is 0. The number of aromatic nitrogens is 2. The number of benzene rings is 1. The van der Waals surface area contributed by atoms with Gasteiger partial charge in [0.1, 0.15) is 0 Å². The summed E-state index contributed by atoms with van der Waals surface area (Å²) in [5.74, 6) is 0.0739. The van der Waals surface area contributed by atoms with Gasteiger partial charge < -0.3 is 10.1 Å². The summed E-state index contributed by atoms with van der Waals surface area (Å²) in [6.07, 6.45) is 2.42. The van der Waals surface area contributed by atoms with E-state index < -0.39 is 5.97 Å². The van der Waals surface area contributed by atoms with Crippen LogP contribution in [0.25, 0.3) is 11.0 Å². The van der Waals surface area contributed by atoms with Gasteiger partial charge in [0, 0.05) is 6.54 Å². The molecule has 1 aromatic heterocycles. The quantitative estimate of drug-likeness (QED) is 0.883. The maximum Gasteiger partial charge on any atom is 0.337 e. The van der Waals surface area contributed by atoms with Gasteiger partial charge >= 0.3 is 11.7 Å². The molecule has 0 radical (unpaired) electrons. The van der Waals surface area contributed by atoms with E-state index in [1.54, 1.807) is 16.7 Å². The average Bonchev–Trinajstić information content (AvgIpc) is 3.15. The van der Waals surface area contributed by atoms with Crippen molar-refractivity contribution >= 4 is 17.0 Å². The summed E-state index contributed by atoms with van der Waals surface area (Å²) in [6.45, 7) is 2.69. The predicted octanol–water partition coefficient (Wildman–Crippen LogP) is 2.07. The molecule has 1 unspecified atom stereocenters. The third-order valence-corrected chi connectivity index (χ3v) is 3.92. The summed E-state index contributed by atoms with van der Waals surface area (Å²) in [5.41, 5.74) is 1.05. The fraction of sp³-hybridized carbons (Fsp3) is 0.429.